The molecule has 4 nitrogen and oxygen atoms in total. The highest BCUT2D eigenvalue weighted by atomic mass is 16.7. The molecule has 1 fully saturated rings. The third-order valence-corrected chi connectivity index (χ3v) is 5.95. The van der Waals surface area contributed by atoms with Crippen molar-refractivity contribution < 1.29 is 9.63 Å². The van der Waals surface area contributed by atoms with Crippen LogP contribution < -0.4 is 0 Å². The molecule has 1 amide bonds. The number of rotatable bonds is 15. The average Bonchev–Trinajstić information content (AvgIpc) is 2.63. The summed E-state index contributed by atoms with van der Waals surface area (Å²) in [5, 5.41) is 1.99. The van der Waals surface area contributed by atoms with Crippen LogP contribution in [-0.4, -0.2) is 46.6 Å². The lowest BCUT2D eigenvalue weighted by molar-refractivity contribution is -0.279. The molecule has 0 spiro atoms. The van der Waals surface area contributed by atoms with Crippen molar-refractivity contribution in [3.63, 3.8) is 0 Å². The van der Waals surface area contributed by atoms with Crippen molar-refractivity contribution >= 4 is 5.91 Å². The number of unbranched alkanes of at least 4 members (excludes halogenated alkanes) is 10. The Hall–Kier alpha value is -0.610. The number of piperazine rings is 1. The van der Waals surface area contributed by atoms with Gasteiger partial charge in [-0.15, -0.1) is 0 Å². The molecule has 1 aliphatic rings. The number of carbonyl (C=O) groups excluding carboxylic acids is 1. The molecule has 0 saturated carbocycles. The number of hydroxylamine groups is 2. The van der Waals surface area contributed by atoms with Gasteiger partial charge in [-0.05, 0) is 40.5 Å². The molecule has 166 valence electrons. The lowest BCUT2D eigenvalue weighted by atomic mass is 9.89. The highest BCUT2D eigenvalue weighted by molar-refractivity contribution is 5.86. The predicted molar refractivity (Wildman–Crippen MR) is 119 cm³/mol. The fourth-order valence-corrected chi connectivity index (χ4v) is 4.47. The van der Waals surface area contributed by atoms with Crippen LogP contribution in [0.1, 0.15) is 119 Å². The SMILES string of the molecule is CCCCCCCCON1C(C)(C)CN(CCCCCCCC)C(=O)C1(C)C. The van der Waals surface area contributed by atoms with E-state index in [2.05, 4.69) is 32.6 Å². The maximum Gasteiger partial charge on any atom is 0.244 e. The van der Waals surface area contributed by atoms with Gasteiger partial charge in [-0.2, -0.15) is 5.06 Å². The molecule has 0 radical (unpaired) electrons. The van der Waals surface area contributed by atoms with Crippen molar-refractivity contribution in [1.29, 1.82) is 0 Å². The molecule has 0 aliphatic carbocycles. The van der Waals surface area contributed by atoms with Crippen LogP contribution in [0, 0.1) is 0 Å². The van der Waals surface area contributed by atoms with Crippen LogP contribution in [0.4, 0.5) is 0 Å². The molecule has 0 unspecified atom stereocenters. The van der Waals surface area contributed by atoms with E-state index >= 15 is 0 Å². The van der Waals surface area contributed by atoms with Crippen molar-refractivity contribution in [3.05, 3.63) is 0 Å². The molecule has 0 atom stereocenters. The van der Waals surface area contributed by atoms with Gasteiger partial charge in [0.05, 0.1) is 12.1 Å². The number of nitrogens with zero attached hydrogens (tertiary/aromatic N) is 2. The van der Waals surface area contributed by atoms with Gasteiger partial charge in [0.25, 0.3) is 0 Å². The fraction of sp³-hybridized carbons (Fsp3) is 0.958. The molecule has 0 aromatic heterocycles. The monoisotopic (exact) mass is 396 g/mol. The molecule has 28 heavy (non-hydrogen) atoms. The Bertz CT molecular complexity index is 434. The van der Waals surface area contributed by atoms with E-state index < -0.39 is 5.54 Å². The minimum Gasteiger partial charge on any atom is -0.339 e. The number of carbonyl (C=O) groups is 1. The molecule has 0 aromatic rings. The predicted octanol–water partition coefficient (Wildman–Crippen LogP) is 6.34. The molecule has 0 N–H and O–H groups in total. The maximum absolute atomic E-state index is 13.1. The van der Waals surface area contributed by atoms with Crippen molar-refractivity contribution in [2.75, 3.05) is 19.7 Å². The number of hydrogen-bond acceptors (Lipinski definition) is 3. The molecular formula is C24H48N2O2. The minimum atomic E-state index is -0.605. The van der Waals surface area contributed by atoms with E-state index in [1.54, 1.807) is 0 Å². The second kappa shape index (κ2) is 12.8. The van der Waals surface area contributed by atoms with E-state index in [4.69, 9.17) is 4.84 Å². The van der Waals surface area contributed by atoms with E-state index in [-0.39, 0.29) is 11.4 Å². The van der Waals surface area contributed by atoms with Gasteiger partial charge in [0.15, 0.2) is 0 Å². The summed E-state index contributed by atoms with van der Waals surface area (Å²) in [4.78, 5) is 21.4. The maximum atomic E-state index is 13.1. The third kappa shape index (κ3) is 8.02. The van der Waals surface area contributed by atoms with Crippen molar-refractivity contribution in [2.45, 2.75) is 130 Å². The third-order valence-electron chi connectivity index (χ3n) is 5.95. The first-order chi connectivity index (χ1) is 13.3. The Balaban J connectivity index is 2.47. The largest absolute Gasteiger partial charge is 0.339 e. The van der Waals surface area contributed by atoms with Gasteiger partial charge in [-0.1, -0.05) is 78.1 Å². The summed E-state index contributed by atoms with van der Waals surface area (Å²) in [6.45, 7) is 15.3. The fourth-order valence-electron chi connectivity index (χ4n) is 4.47. The number of hydrogen-bond donors (Lipinski definition) is 0. The Morgan fingerprint density at radius 1 is 0.786 bits per heavy atom. The quantitative estimate of drug-likeness (QED) is 0.303. The zero-order valence-electron chi connectivity index (χ0n) is 19.8. The van der Waals surface area contributed by atoms with E-state index in [1.807, 2.05) is 18.9 Å². The van der Waals surface area contributed by atoms with Crippen LogP contribution in [0.5, 0.6) is 0 Å². The van der Waals surface area contributed by atoms with Crippen molar-refractivity contribution in [2.24, 2.45) is 0 Å². The van der Waals surface area contributed by atoms with E-state index in [9.17, 15) is 4.79 Å². The molecule has 4 heteroatoms. The van der Waals surface area contributed by atoms with Crippen LogP contribution in [0.25, 0.3) is 0 Å². The standard InChI is InChI=1S/C24H48N2O2/c1-7-9-11-13-15-17-19-25-21-23(3,4)26(24(5,6)22(25)27)28-20-18-16-14-12-10-8-2/h7-21H2,1-6H3. The van der Waals surface area contributed by atoms with Gasteiger partial charge < -0.3 is 4.90 Å². The molecule has 0 bridgehead atoms. The Kier molecular flexibility index (Phi) is 11.7. The molecule has 1 rings (SSSR count). The summed E-state index contributed by atoms with van der Waals surface area (Å²) in [5.74, 6) is 0.211. The summed E-state index contributed by atoms with van der Waals surface area (Å²) in [7, 11) is 0. The van der Waals surface area contributed by atoms with Crippen molar-refractivity contribution in [1.82, 2.24) is 9.96 Å². The second-order valence-corrected chi connectivity index (χ2v) is 9.76. The number of amides is 1. The zero-order chi connectivity index (χ0) is 21.0. The summed E-state index contributed by atoms with van der Waals surface area (Å²) in [6.07, 6.45) is 15.1. The molecule has 1 heterocycles. The van der Waals surface area contributed by atoms with Crippen LogP contribution in [0.2, 0.25) is 0 Å². The second-order valence-electron chi connectivity index (χ2n) is 9.76. The van der Waals surface area contributed by atoms with Crippen LogP contribution in [0.3, 0.4) is 0 Å². The summed E-state index contributed by atoms with van der Waals surface area (Å²) in [6, 6.07) is 0. The van der Waals surface area contributed by atoms with Gasteiger partial charge in [0.1, 0.15) is 5.54 Å². The molecule has 1 saturated heterocycles. The summed E-state index contributed by atoms with van der Waals surface area (Å²) < 4.78 is 0. The van der Waals surface area contributed by atoms with Gasteiger partial charge in [0, 0.05) is 13.1 Å². The zero-order valence-corrected chi connectivity index (χ0v) is 19.8. The first kappa shape index (κ1) is 25.4. The Labute approximate surface area is 175 Å². The van der Waals surface area contributed by atoms with Crippen LogP contribution in [0.15, 0.2) is 0 Å². The Morgan fingerprint density at radius 2 is 1.29 bits per heavy atom. The van der Waals surface area contributed by atoms with Gasteiger partial charge in [-0.3, -0.25) is 9.63 Å². The Morgan fingerprint density at radius 3 is 1.86 bits per heavy atom. The van der Waals surface area contributed by atoms with Gasteiger partial charge >= 0.3 is 0 Å². The van der Waals surface area contributed by atoms with Crippen LogP contribution >= 0.6 is 0 Å². The first-order valence-electron chi connectivity index (χ1n) is 12.0. The highest BCUT2D eigenvalue weighted by Gasteiger charge is 2.51. The normalized spacial score (nSPS) is 19.4. The van der Waals surface area contributed by atoms with E-state index in [0.29, 0.717) is 6.61 Å². The van der Waals surface area contributed by atoms with Crippen molar-refractivity contribution in [3.8, 4) is 0 Å². The molecule has 0 aromatic carbocycles. The highest BCUT2D eigenvalue weighted by Crippen LogP contribution is 2.34. The lowest BCUT2D eigenvalue weighted by Crippen LogP contribution is -2.71. The topological polar surface area (TPSA) is 32.8 Å². The molecule has 1 aliphatic heterocycles. The van der Waals surface area contributed by atoms with Crippen LogP contribution in [-0.2, 0) is 9.63 Å². The van der Waals surface area contributed by atoms with Gasteiger partial charge in [-0.25, -0.2) is 0 Å². The van der Waals surface area contributed by atoms with E-state index in [1.165, 1.54) is 64.2 Å². The first-order valence-corrected chi connectivity index (χ1v) is 12.0. The summed E-state index contributed by atoms with van der Waals surface area (Å²) >= 11 is 0. The summed E-state index contributed by atoms with van der Waals surface area (Å²) in [5.41, 5.74) is -0.770. The minimum absolute atomic E-state index is 0.165. The molecular weight excluding hydrogens is 348 g/mol. The average molecular weight is 397 g/mol. The van der Waals surface area contributed by atoms with Gasteiger partial charge in [0.2, 0.25) is 5.91 Å². The smallest absolute Gasteiger partial charge is 0.244 e. The van der Waals surface area contributed by atoms with E-state index in [0.717, 1.165) is 25.9 Å². The lowest BCUT2D eigenvalue weighted by Gasteiger charge is -2.53.